The minimum Gasteiger partial charge on any atom is -0.453 e. The van der Waals surface area contributed by atoms with Gasteiger partial charge in [0.2, 0.25) is 0 Å². The van der Waals surface area contributed by atoms with Crippen LogP contribution in [0.5, 0.6) is 0 Å². The topological polar surface area (TPSA) is 52.6 Å². The van der Waals surface area contributed by atoms with Crippen LogP contribution in [0.2, 0.25) is 0 Å². The van der Waals surface area contributed by atoms with Gasteiger partial charge in [-0.15, -0.1) is 0 Å². The summed E-state index contributed by atoms with van der Waals surface area (Å²) in [5.74, 6) is -0.704. The van der Waals surface area contributed by atoms with E-state index >= 15 is 0 Å². The third kappa shape index (κ3) is 5.26. The number of hydrogen-bond donors (Lipinski definition) is 0. The third-order valence-corrected chi connectivity index (χ3v) is 2.07. The summed E-state index contributed by atoms with van der Waals surface area (Å²) in [5.41, 5.74) is 0. The van der Waals surface area contributed by atoms with Crippen LogP contribution in [-0.2, 0) is 19.1 Å². The molecule has 0 bridgehead atoms. The van der Waals surface area contributed by atoms with Crippen LogP contribution in [0.1, 0.15) is 41.5 Å². The van der Waals surface area contributed by atoms with Crippen molar-refractivity contribution in [3.05, 3.63) is 0 Å². The summed E-state index contributed by atoms with van der Waals surface area (Å²) < 4.78 is 10.3. The lowest BCUT2D eigenvalue weighted by atomic mass is 10.1. The fraction of sp³-hybridized carbons (Fsp3) is 0.833. The van der Waals surface area contributed by atoms with Crippen LogP contribution in [0, 0.1) is 5.92 Å². The molecule has 0 fully saturated rings. The number of Topliss-reactive ketones (excluding diaryl/α,β-unsaturated/α-hetero) is 1. The zero-order valence-corrected chi connectivity index (χ0v) is 10.9. The number of ketones is 1. The quantitative estimate of drug-likeness (QED) is 0.654. The van der Waals surface area contributed by atoms with Crippen molar-refractivity contribution in [1.82, 2.24) is 0 Å². The van der Waals surface area contributed by atoms with Crippen molar-refractivity contribution >= 4 is 11.8 Å². The molecule has 0 aliphatic carbocycles. The summed E-state index contributed by atoms with van der Waals surface area (Å²) in [6.07, 6.45) is -1.38. The second-order valence-electron chi connectivity index (χ2n) is 4.46. The van der Waals surface area contributed by atoms with E-state index in [1.54, 1.807) is 27.7 Å². The highest BCUT2D eigenvalue weighted by Gasteiger charge is 2.24. The second kappa shape index (κ2) is 6.63. The standard InChI is InChI=1S/C12H22O4/c1-7(2)11(13)9(5)16-12(14)10(6)15-8(3)4/h7-10H,1-6H3/t9-,10+/m1/s1. The Hall–Kier alpha value is -0.900. The van der Waals surface area contributed by atoms with Gasteiger partial charge < -0.3 is 9.47 Å². The predicted molar refractivity (Wildman–Crippen MR) is 61.1 cm³/mol. The number of rotatable bonds is 6. The van der Waals surface area contributed by atoms with Gasteiger partial charge in [0.15, 0.2) is 18.0 Å². The Kier molecular flexibility index (Phi) is 6.26. The van der Waals surface area contributed by atoms with E-state index in [0.717, 1.165) is 0 Å². The smallest absolute Gasteiger partial charge is 0.335 e. The minimum atomic E-state index is -0.703. The van der Waals surface area contributed by atoms with E-state index in [1.165, 1.54) is 0 Å². The van der Waals surface area contributed by atoms with Gasteiger partial charge in [0, 0.05) is 5.92 Å². The van der Waals surface area contributed by atoms with Crippen molar-refractivity contribution in [2.75, 3.05) is 0 Å². The van der Waals surface area contributed by atoms with Gasteiger partial charge in [-0.3, -0.25) is 4.79 Å². The highest BCUT2D eigenvalue weighted by Crippen LogP contribution is 2.07. The van der Waals surface area contributed by atoms with Gasteiger partial charge >= 0.3 is 5.97 Å². The first kappa shape index (κ1) is 15.1. The molecule has 0 aromatic rings. The van der Waals surface area contributed by atoms with Crippen LogP contribution in [0.4, 0.5) is 0 Å². The Labute approximate surface area is 97.3 Å². The van der Waals surface area contributed by atoms with Crippen molar-refractivity contribution in [3.8, 4) is 0 Å². The molecule has 4 heteroatoms. The van der Waals surface area contributed by atoms with E-state index in [1.807, 2.05) is 13.8 Å². The first-order valence-electron chi connectivity index (χ1n) is 5.65. The van der Waals surface area contributed by atoms with Crippen LogP contribution >= 0.6 is 0 Å². The maximum Gasteiger partial charge on any atom is 0.335 e. The Morgan fingerprint density at radius 3 is 1.75 bits per heavy atom. The van der Waals surface area contributed by atoms with Gasteiger partial charge in [0.25, 0.3) is 0 Å². The maximum absolute atomic E-state index is 11.5. The molecular weight excluding hydrogens is 208 g/mol. The van der Waals surface area contributed by atoms with Gasteiger partial charge in [-0.05, 0) is 27.7 Å². The van der Waals surface area contributed by atoms with Crippen molar-refractivity contribution in [2.45, 2.75) is 59.9 Å². The van der Waals surface area contributed by atoms with Crippen LogP contribution in [0.25, 0.3) is 0 Å². The molecule has 0 spiro atoms. The largest absolute Gasteiger partial charge is 0.453 e. The molecule has 0 unspecified atom stereocenters. The molecule has 0 heterocycles. The molecule has 0 radical (unpaired) electrons. The van der Waals surface area contributed by atoms with E-state index in [0.29, 0.717) is 0 Å². The molecule has 94 valence electrons. The lowest BCUT2D eigenvalue weighted by molar-refractivity contribution is -0.167. The molecule has 0 saturated heterocycles. The molecule has 0 aliphatic heterocycles. The molecule has 0 aromatic carbocycles. The first-order chi connectivity index (χ1) is 7.25. The summed E-state index contributed by atoms with van der Waals surface area (Å²) in [5, 5.41) is 0. The van der Waals surface area contributed by atoms with E-state index in [9.17, 15) is 9.59 Å². The molecule has 0 saturated carbocycles. The number of ether oxygens (including phenoxy) is 2. The third-order valence-electron chi connectivity index (χ3n) is 2.07. The van der Waals surface area contributed by atoms with Crippen molar-refractivity contribution in [3.63, 3.8) is 0 Å². The van der Waals surface area contributed by atoms with E-state index in [4.69, 9.17) is 9.47 Å². The van der Waals surface area contributed by atoms with Crippen LogP contribution < -0.4 is 0 Å². The normalized spacial score (nSPS) is 15.0. The molecule has 0 amide bonds. The summed E-state index contributed by atoms with van der Waals surface area (Å²) in [6.45, 7) is 10.4. The van der Waals surface area contributed by atoms with Crippen LogP contribution in [0.15, 0.2) is 0 Å². The Morgan fingerprint density at radius 1 is 0.875 bits per heavy atom. The van der Waals surface area contributed by atoms with Crippen molar-refractivity contribution < 1.29 is 19.1 Å². The van der Waals surface area contributed by atoms with Gasteiger partial charge in [0.1, 0.15) is 0 Å². The fourth-order valence-corrected chi connectivity index (χ4v) is 1.26. The highest BCUT2D eigenvalue weighted by molar-refractivity contribution is 5.87. The molecule has 0 rings (SSSR count). The lowest BCUT2D eigenvalue weighted by Gasteiger charge is -2.19. The summed E-state index contributed by atoms with van der Waals surface area (Å²) in [6, 6.07) is 0. The molecule has 4 nitrogen and oxygen atoms in total. The van der Waals surface area contributed by atoms with Gasteiger partial charge in [0.05, 0.1) is 6.10 Å². The molecule has 2 atom stereocenters. The molecule has 16 heavy (non-hydrogen) atoms. The number of esters is 1. The monoisotopic (exact) mass is 230 g/mol. The first-order valence-corrected chi connectivity index (χ1v) is 5.65. The zero-order chi connectivity index (χ0) is 12.9. The molecule has 0 aliphatic rings. The summed E-state index contributed by atoms with van der Waals surface area (Å²) >= 11 is 0. The Balaban J connectivity index is 4.18. The second-order valence-corrected chi connectivity index (χ2v) is 4.46. The predicted octanol–water partition coefficient (Wildman–Crippen LogP) is 1.96. The maximum atomic E-state index is 11.5. The van der Waals surface area contributed by atoms with Crippen molar-refractivity contribution in [2.24, 2.45) is 5.92 Å². The molecule has 0 N–H and O–H groups in total. The van der Waals surface area contributed by atoms with Gasteiger partial charge in [-0.1, -0.05) is 13.8 Å². The Bertz CT molecular complexity index is 245. The van der Waals surface area contributed by atoms with Crippen LogP contribution in [-0.4, -0.2) is 30.1 Å². The average molecular weight is 230 g/mol. The highest BCUT2D eigenvalue weighted by atomic mass is 16.6. The minimum absolute atomic E-state index is 0.0429. The van der Waals surface area contributed by atoms with E-state index in [2.05, 4.69) is 0 Å². The van der Waals surface area contributed by atoms with E-state index < -0.39 is 18.2 Å². The number of carbonyl (C=O) groups excluding carboxylic acids is 2. The van der Waals surface area contributed by atoms with Crippen LogP contribution in [0.3, 0.4) is 0 Å². The number of carbonyl (C=O) groups is 2. The average Bonchev–Trinajstić information content (AvgIpc) is 2.14. The molecular formula is C12H22O4. The van der Waals surface area contributed by atoms with Crippen molar-refractivity contribution in [1.29, 1.82) is 0 Å². The zero-order valence-electron chi connectivity index (χ0n) is 10.9. The van der Waals surface area contributed by atoms with E-state index in [-0.39, 0.29) is 17.8 Å². The number of hydrogen-bond acceptors (Lipinski definition) is 4. The molecule has 0 aromatic heterocycles. The lowest BCUT2D eigenvalue weighted by Crippen LogP contribution is -2.33. The Morgan fingerprint density at radius 2 is 1.38 bits per heavy atom. The summed E-state index contributed by atoms with van der Waals surface area (Å²) in [4.78, 5) is 23.0. The van der Waals surface area contributed by atoms with Gasteiger partial charge in [-0.2, -0.15) is 0 Å². The SMILES string of the molecule is CC(C)O[C@@H](C)C(=O)O[C@H](C)C(=O)C(C)C. The summed E-state index contributed by atoms with van der Waals surface area (Å²) in [7, 11) is 0. The fourth-order valence-electron chi connectivity index (χ4n) is 1.26. The van der Waals surface area contributed by atoms with Gasteiger partial charge in [-0.25, -0.2) is 4.79 Å².